The molecule has 27 heavy (non-hydrogen) atoms. The van der Waals surface area contributed by atoms with Crippen LogP contribution in [-0.4, -0.2) is 26.6 Å². The van der Waals surface area contributed by atoms with Crippen molar-refractivity contribution in [1.82, 2.24) is 14.7 Å². The number of amides is 1. The Morgan fingerprint density at radius 2 is 1.93 bits per heavy atom. The standard InChI is InChI=1S/C21H20FN3O2/c1-15-12-25-19(11-18(23-25)14-27-20-5-3-2-4-6-20)13-24(15)21(26)16-7-9-17(22)10-8-16/h2-11,15H,12-14H2,1H3. The molecule has 0 saturated heterocycles. The number of hydrogen-bond acceptors (Lipinski definition) is 3. The fourth-order valence-electron chi connectivity index (χ4n) is 3.25. The fraction of sp³-hybridized carbons (Fsp3) is 0.238. The summed E-state index contributed by atoms with van der Waals surface area (Å²) >= 11 is 0. The third kappa shape index (κ3) is 3.69. The van der Waals surface area contributed by atoms with Crippen LogP contribution >= 0.6 is 0 Å². The zero-order valence-electron chi connectivity index (χ0n) is 15.0. The van der Waals surface area contributed by atoms with E-state index < -0.39 is 0 Å². The molecule has 4 rings (SSSR count). The van der Waals surface area contributed by atoms with Crippen molar-refractivity contribution < 1.29 is 13.9 Å². The van der Waals surface area contributed by atoms with Gasteiger partial charge in [0.05, 0.1) is 18.8 Å². The summed E-state index contributed by atoms with van der Waals surface area (Å²) in [4.78, 5) is 14.6. The van der Waals surface area contributed by atoms with Crippen LogP contribution < -0.4 is 4.74 Å². The first-order valence-electron chi connectivity index (χ1n) is 8.90. The topological polar surface area (TPSA) is 47.4 Å². The van der Waals surface area contributed by atoms with Gasteiger partial charge in [-0.3, -0.25) is 9.48 Å². The van der Waals surface area contributed by atoms with E-state index in [0.717, 1.165) is 17.1 Å². The Bertz CT molecular complexity index is 938. The van der Waals surface area contributed by atoms with Gasteiger partial charge in [0.2, 0.25) is 0 Å². The van der Waals surface area contributed by atoms with Crippen LogP contribution in [0.2, 0.25) is 0 Å². The zero-order valence-corrected chi connectivity index (χ0v) is 15.0. The van der Waals surface area contributed by atoms with Crippen LogP contribution in [-0.2, 0) is 19.7 Å². The van der Waals surface area contributed by atoms with Gasteiger partial charge in [-0.1, -0.05) is 18.2 Å². The molecular weight excluding hydrogens is 345 g/mol. The van der Waals surface area contributed by atoms with Crippen molar-refractivity contribution in [3.8, 4) is 5.75 Å². The average molecular weight is 365 g/mol. The minimum absolute atomic E-state index is 0.00200. The maximum atomic E-state index is 13.1. The molecule has 1 aromatic heterocycles. The van der Waals surface area contributed by atoms with Gasteiger partial charge < -0.3 is 9.64 Å². The van der Waals surface area contributed by atoms with Crippen LogP contribution in [0.3, 0.4) is 0 Å². The van der Waals surface area contributed by atoms with Crippen molar-refractivity contribution in [2.45, 2.75) is 32.7 Å². The molecule has 0 spiro atoms. The molecular formula is C21H20FN3O2. The Hall–Kier alpha value is -3.15. The van der Waals surface area contributed by atoms with E-state index in [1.54, 1.807) is 4.90 Å². The van der Waals surface area contributed by atoms with Gasteiger partial charge in [-0.15, -0.1) is 0 Å². The van der Waals surface area contributed by atoms with Crippen LogP contribution in [0.4, 0.5) is 4.39 Å². The van der Waals surface area contributed by atoms with Crippen molar-refractivity contribution in [3.63, 3.8) is 0 Å². The van der Waals surface area contributed by atoms with Gasteiger partial charge in [0.15, 0.2) is 0 Å². The summed E-state index contributed by atoms with van der Waals surface area (Å²) in [5.74, 6) is 0.348. The number of aromatic nitrogens is 2. The molecule has 0 bridgehead atoms. The number of nitrogens with zero attached hydrogens (tertiary/aromatic N) is 3. The van der Waals surface area contributed by atoms with Crippen molar-refractivity contribution in [2.24, 2.45) is 0 Å². The van der Waals surface area contributed by atoms with Crippen molar-refractivity contribution in [1.29, 1.82) is 0 Å². The Morgan fingerprint density at radius 1 is 1.19 bits per heavy atom. The molecule has 1 aliphatic heterocycles. The van der Waals surface area contributed by atoms with Gasteiger partial charge in [-0.25, -0.2) is 4.39 Å². The number of ether oxygens (including phenoxy) is 1. The largest absolute Gasteiger partial charge is 0.487 e. The zero-order chi connectivity index (χ0) is 18.8. The summed E-state index contributed by atoms with van der Waals surface area (Å²) in [6.45, 7) is 3.46. The first-order valence-corrected chi connectivity index (χ1v) is 8.90. The van der Waals surface area contributed by atoms with E-state index in [0.29, 0.717) is 25.3 Å². The van der Waals surface area contributed by atoms with Gasteiger partial charge in [0.25, 0.3) is 5.91 Å². The molecule has 0 aliphatic carbocycles. The van der Waals surface area contributed by atoms with Gasteiger partial charge in [-0.2, -0.15) is 5.10 Å². The Morgan fingerprint density at radius 3 is 2.67 bits per heavy atom. The molecule has 0 saturated carbocycles. The quantitative estimate of drug-likeness (QED) is 0.709. The lowest BCUT2D eigenvalue weighted by atomic mass is 10.1. The number of rotatable bonds is 4. The number of carbonyl (C=O) groups excluding carboxylic acids is 1. The first kappa shape index (κ1) is 17.3. The number of halogens is 1. The molecule has 1 amide bonds. The van der Waals surface area contributed by atoms with Crippen LogP contribution in [0.5, 0.6) is 5.75 Å². The fourth-order valence-corrected chi connectivity index (χ4v) is 3.25. The Labute approximate surface area is 157 Å². The van der Waals surface area contributed by atoms with Crippen molar-refractivity contribution >= 4 is 5.91 Å². The van der Waals surface area contributed by atoms with E-state index in [1.165, 1.54) is 24.3 Å². The van der Waals surface area contributed by atoms with E-state index >= 15 is 0 Å². The van der Waals surface area contributed by atoms with Gasteiger partial charge >= 0.3 is 0 Å². The second-order valence-corrected chi connectivity index (χ2v) is 6.70. The summed E-state index contributed by atoms with van der Waals surface area (Å²) in [7, 11) is 0. The van der Waals surface area contributed by atoms with E-state index in [1.807, 2.05) is 48.0 Å². The van der Waals surface area contributed by atoms with E-state index in [2.05, 4.69) is 5.10 Å². The van der Waals surface area contributed by atoms with Gasteiger partial charge in [0, 0.05) is 11.6 Å². The molecule has 2 heterocycles. The highest BCUT2D eigenvalue weighted by molar-refractivity contribution is 5.94. The number of para-hydroxylation sites is 1. The Balaban J connectivity index is 1.47. The van der Waals surface area contributed by atoms with Crippen molar-refractivity contribution in [3.05, 3.63) is 83.4 Å². The number of benzene rings is 2. The number of hydrogen-bond donors (Lipinski definition) is 0. The maximum absolute atomic E-state index is 13.1. The van der Waals surface area contributed by atoms with E-state index in [4.69, 9.17) is 4.74 Å². The molecule has 0 N–H and O–H groups in total. The van der Waals surface area contributed by atoms with Crippen LogP contribution in [0.25, 0.3) is 0 Å². The smallest absolute Gasteiger partial charge is 0.254 e. The minimum Gasteiger partial charge on any atom is -0.487 e. The number of carbonyl (C=O) groups is 1. The first-order chi connectivity index (χ1) is 13.1. The van der Waals surface area contributed by atoms with Crippen LogP contribution in [0.1, 0.15) is 28.7 Å². The number of fused-ring (bicyclic) bond motifs is 1. The predicted molar refractivity (Wildman–Crippen MR) is 98.7 cm³/mol. The molecule has 1 atom stereocenters. The van der Waals surface area contributed by atoms with E-state index in [-0.39, 0.29) is 17.8 Å². The maximum Gasteiger partial charge on any atom is 0.254 e. The molecule has 0 fully saturated rings. The lowest BCUT2D eigenvalue weighted by molar-refractivity contribution is 0.0606. The highest BCUT2D eigenvalue weighted by Crippen LogP contribution is 2.22. The SMILES string of the molecule is CC1Cn2nc(COc3ccccc3)cc2CN1C(=O)c1ccc(F)cc1. The molecule has 1 aliphatic rings. The Kier molecular flexibility index (Phi) is 4.62. The highest BCUT2D eigenvalue weighted by atomic mass is 19.1. The molecule has 5 nitrogen and oxygen atoms in total. The summed E-state index contributed by atoms with van der Waals surface area (Å²) in [6.07, 6.45) is 0. The van der Waals surface area contributed by atoms with Crippen LogP contribution in [0, 0.1) is 5.82 Å². The predicted octanol–water partition coefficient (Wildman–Crippen LogP) is 3.65. The second-order valence-electron chi connectivity index (χ2n) is 6.70. The monoisotopic (exact) mass is 365 g/mol. The van der Waals surface area contributed by atoms with Crippen LogP contribution in [0.15, 0.2) is 60.7 Å². The molecule has 138 valence electrons. The summed E-state index contributed by atoms with van der Waals surface area (Å²) in [5.41, 5.74) is 2.29. The van der Waals surface area contributed by atoms with Gasteiger partial charge in [0.1, 0.15) is 23.9 Å². The van der Waals surface area contributed by atoms with Gasteiger partial charge in [-0.05, 0) is 49.4 Å². The summed E-state index contributed by atoms with van der Waals surface area (Å²) in [5, 5.41) is 4.60. The van der Waals surface area contributed by atoms with E-state index in [9.17, 15) is 9.18 Å². The third-order valence-electron chi connectivity index (χ3n) is 4.70. The lowest BCUT2D eigenvalue weighted by Gasteiger charge is -2.34. The minimum atomic E-state index is -0.348. The molecule has 6 heteroatoms. The highest BCUT2D eigenvalue weighted by Gasteiger charge is 2.28. The average Bonchev–Trinajstić information content (AvgIpc) is 3.08. The molecule has 3 aromatic rings. The normalized spacial score (nSPS) is 16.1. The third-order valence-corrected chi connectivity index (χ3v) is 4.70. The lowest BCUT2D eigenvalue weighted by Crippen LogP contribution is -2.44. The molecule has 0 radical (unpaired) electrons. The molecule has 2 aromatic carbocycles. The molecule has 1 unspecified atom stereocenters. The second kappa shape index (κ2) is 7.23. The summed E-state index contributed by atoms with van der Waals surface area (Å²) in [6, 6.07) is 17.2. The van der Waals surface area contributed by atoms with Crippen molar-refractivity contribution in [2.75, 3.05) is 0 Å². The summed E-state index contributed by atoms with van der Waals surface area (Å²) < 4.78 is 20.8.